The summed E-state index contributed by atoms with van der Waals surface area (Å²) >= 11 is 6.40. The van der Waals surface area contributed by atoms with Crippen molar-refractivity contribution in [1.82, 2.24) is 4.72 Å². The number of aliphatic hydroxyl groups is 1. The highest BCUT2D eigenvalue weighted by Crippen LogP contribution is 2.47. The van der Waals surface area contributed by atoms with Crippen molar-refractivity contribution in [3.63, 3.8) is 0 Å². The fourth-order valence-electron chi connectivity index (χ4n) is 8.54. The van der Waals surface area contributed by atoms with E-state index in [2.05, 4.69) is 21.8 Å². The molecule has 2 fully saturated rings. The number of rotatable bonds is 0. The van der Waals surface area contributed by atoms with Gasteiger partial charge in [0, 0.05) is 29.1 Å². The Morgan fingerprint density at radius 3 is 2.74 bits per heavy atom. The van der Waals surface area contributed by atoms with Gasteiger partial charge in [0.15, 0.2) is 0 Å². The molecular weight excluding hydrogens is 572 g/mol. The molecular formula is C33H41ClN2O5S. The first-order valence-corrected chi connectivity index (χ1v) is 17.7. The van der Waals surface area contributed by atoms with Crippen molar-refractivity contribution < 1.29 is 23.1 Å². The summed E-state index contributed by atoms with van der Waals surface area (Å²) in [5.41, 5.74) is 3.45. The maximum atomic E-state index is 13.4. The number of sulfonamides is 1. The summed E-state index contributed by atoms with van der Waals surface area (Å²) in [6.45, 7) is 2.00. The van der Waals surface area contributed by atoms with Gasteiger partial charge >= 0.3 is 0 Å². The van der Waals surface area contributed by atoms with Gasteiger partial charge in [0.05, 0.1) is 23.6 Å². The Labute approximate surface area is 254 Å². The summed E-state index contributed by atoms with van der Waals surface area (Å²) in [5.74, 6) is 0.958. The minimum atomic E-state index is -3.82. The Morgan fingerprint density at radius 1 is 1.02 bits per heavy atom. The van der Waals surface area contributed by atoms with Gasteiger partial charge in [-0.15, -0.1) is 0 Å². The minimum absolute atomic E-state index is 0.230. The molecule has 5 aliphatic rings. The summed E-state index contributed by atoms with van der Waals surface area (Å²) in [6, 6.07) is 11.5. The molecule has 0 radical (unpaired) electrons. The van der Waals surface area contributed by atoms with Gasteiger partial charge < -0.3 is 14.7 Å². The van der Waals surface area contributed by atoms with E-state index in [1.165, 1.54) is 11.1 Å². The number of carbonyl (C=O) groups excluding carboxylic acids is 1. The van der Waals surface area contributed by atoms with Crippen molar-refractivity contribution >= 4 is 33.2 Å². The lowest BCUT2D eigenvalue weighted by molar-refractivity contribution is 0.00597. The molecule has 226 valence electrons. The van der Waals surface area contributed by atoms with Crippen molar-refractivity contribution in [2.45, 2.75) is 87.4 Å². The second kappa shape index (κ2) is 11.0. The third-order valence-electron chi connectivity index (χ3n) is 11.0. The van der Waals surface area contributed by atoms with Crippen molar-refractivity contribution in [3.8, 4) is 5.75 Å². The van der Waals surface area contributed by atoms with Gasteiger partial charge in [-0.1, -0.05) is 30.5 Å². The molecule has 2 heterocycles. The molecule has 2 aromatic rings. The molecule has 3 aliphatic carbocycles. The van der Waals surface area contributed by atoms with Crippen LogP contribution in [0.25, 0.3) is 0 Å². The fraction of sp³-hybridized carbons (Fsp3) is 0.606. The molecule has 0 unspecified atom stereocenters. The lowest BCUT2D eigenvalue weighted by Gasteiger charge is -2.46. The molecule has 0 saturated heterocycles. The Kier molecular flexibility index (Phi) is 7.47. The number of ether oxygens (including phenoxy) is 1. The number of carbonyl (C=O) groups is 1. The van der Waals surface area contributed by atoms with Crippen LogP contribution in [0.1, 0.15) is 85.7 Å². The van der Waals surface area contributed by atoms with Crippen LogP contribution in [0, 0.1) is 17.8 Å². The number of nitrogens with zero attached hydrogens (tertiary/aromatic N) is 1. The number of fused-ring (bicyclic) bond motifs is 6. The van der Waals surface area contributed by atoms with Gasteiger partial charge in [-0.3, -0.25) is 4.79 Å². The van der Waals surface area contributed by atoms with Crippen molar-refractivity contribution in [2.75, 3.05) is 24.6 Å². The number of hydrogen-bond donors (Lipinski definition) is 2. The number of aryl methyl sites for hydroxylation is 1. The molecule has 9 heteroatoms. The summed E-state index contributed by atoms with van der Waals surface area (Å²) in [5, 5.41) is 11.5. The first kappa shape index (κ1) is 28.5. The highest BCUT2D eigenvalue weighted by molar-refractivity contribution is 7.90. The van der Waals surface area contributed by atoms with Gasteiger partial charge in [0.25, 0.3) is 5.91 Å². The quantitative estimate of drug-likeness (QED) is 0.401. The van der Waals surface area contributed by atoms with E-state index in [-0.39, 0.29) is 23.4 Å². The SMILES string of the molecule is O=C1NS(=O)(=O)[C@H]2CCC[C@H](CC[C@H](O)[C@@H]3CC[C@H]3CN3C[C@@]4(CCCc5cc(Cl)ccc54)COc4ccc1cc43)C2. The maximum absolute atomic E-state index is 13.4. The predicted octanol–water partition coefficient (Wildman–Crippen LogP) is 5.61. The fourth-order valence-corrected chi connectivity index (χ4v) is 10.3. The number of anilines is 1. The highest BCUT2D eigenvalue weighted by Gasteiger charge is 2.45. The van der Waals surface area contributed by atoms with Gasteiger partial charge in [0.2, 0.25) is 10.0 Å². The van der Waals surface area contributed by atoms with E-state index in [0.29, 0.717) is 43.1 Å². The van der Waals surface area contributed by atoms with Crippen LogP contribution >= 0.6 is 11.6 Å². The van der Waals surface area contributed by atoms with E-state index >= 15 is 0 Å². The Balaban J connectivity index is 1.28. The van der Waals surface area contributed by atoms with E-state index in [0.717, 1.165) is 75.2 Å². The first-order chi connectivity index (χ1) is 20.2. The van der Waals surface area contributed by atoms with Crippen LogP contribution in [-0.2, 0) is 21.9 Å². The molecule has 7 rings (SSSR count). The normalized spacial score (nSPS) is 34.2. The largest absolute Gasteiger partial charge is 0.490 e. The van der Waals surface area contributed by atoms with Crippen LogP contribution in [0.4, 0.5) is 5.69 Å². The molecule has 42 heavy (non-hydrogen) atoms. The molecule has 2 aliphatic heterocycles. The number of halogens is 1. The summed E-state index contributed by atoms with van der Waals surface area (Å²) in [4.78, 5) is 15.8. The van der Waals surface area contributed by atoms with Crippen LogP contribution in [0.3, 0.4) is 0 Å². The zero-order valence-electron chi connectivity index (χ0n) is 24.1. The third-order valence-corrected chi connectivity index (χ3v) is 13.0. The maximum Gasteiger partial charge on any atom is 0.264 e. The van der Waals surface area contributed by atoms with Crippen molar-refractivity contribution in [1.29, 1.82) is 0 Å². The minimum Gasteiger partial charge on any atom is -0.490 e. The van der Waals surface area contributed by atoms with Crippen molar-refractivity contribution in [2.24, 2.45) is 17.8 Å². The molecule has 0 aromatic heterocycles. The van der Waals surface area contributed by atoms with E-state index in [1.54, 1.807) is 6.07 Å². The molecule has 1 spiro atoms. The van der Waals surface area contributed by atoms with Gasteiger partial charge in [-0.25, -0.2) is 13.1 Å². The van der Waals surface area contributed by atoms with E-state index < -0.39 is 21.2 Å². The standard InChI is InChI=1S/C33H41ClN2O5S/c34-25-9-11-28-22(16-25)4-2-14-33(28)19-36-18-24-7-10-27(24)30(37)12-6-21-3-1-5-26(15-21)42(39,40)35-32(38)23-8-13-31(41-20-33)29(36)17-23/h8-9,11,13,16-17,21,24,26-27,30,37H,1-7,10,12,14-15,18-20H2,(H,35,38)/t21-,24+,26+,27-,30+,33+/m1/s1. The molecule has 7 nitrogen and oxygen atoms in total. The average molecular weight is 613 g/mol. The zero-order chi connectivity index (χ0) is 29.1. The number of aliphatic hydroxyl groups excluding tert-OH is 1. The average Bonchev–Trinajstić information content (AvgIpc) is 3.10. The monoisotopic (exact) mass is 612 g/mol. The molecule has 2 aromatic carbocycles. The smallest absolute Gasteiger partial charge is 0.264 e. The van der Waals surface area contributed by atoms with Gasteiger partial charge in [-0.2, -0.15) is 0 Å². The number of hydrogen-bond acceptors (Lipinski definition) is 6. The second-order valence-corrected chi connectivity index (χ2v) is 16.0. The first-order valence-electron chi connectivity index (χ1n) is 15.8. The molecule has 2 N–H and O–H groups in total. The Hall–Kier alpha value is -2.29. The van der Waals surface area contributed by atoms with Crippen molar-refractivity contribution in [3.05, 3.63) is 58.1 Å². The predicted molar refractivity (Wildman–Crippen MR) is 164 cm³/mol. The number of nitrogens with one attached hydrogen (secondary N) is 1. The second-order valence-electron chi connectivity index (χ2n) is 13.6. The molecule has 2 saturated carbocycles. The molecule has 1 amide bonds. The van der Waals surface area contributed by atoms with Crippen LogP contribution in [0.5, 0.6) is 5.75 Å². The van der Waals surface area contributed by atoms with Crippen LogP contribution < -0.4 is 14.4 Å². The highest BCUT2D eigenvalue weighted by atomic mass is 35.5. The van der Waals surface area contributed by atoms with Crippen LogP contribution in [0.2, 0.25) is 5.02 Å². The van der Waals surface area contributed by atoms with Gasteiger partial charge in [-0.05, 0) is 117 Å². The molecule has 6 atom stereocenters. The van der Waals surface area contributed by atoms with Gasteiger partial charge in [0.1, 0.15) is 5.75 Å². The summed E-state index contributed by atoms with van der Waals surface area (Å²) in [6.07, 6.45) is 9.16. The molecule has 4 bridgehead atoms. The van der Waals surface area contributed by atoms with E-state index in [4.69, 9.17) is 16.3 Å². The number of benzene rings is 2. The lowest BCUT2D eigenvalue weighted by atomic mass is 9.67. The Bertz CT molecular complexity index is 1480. The summed E-state index contributed by atoms with van der Waals surface area (Å²) in [7, 11) is -3.82. The van der Waals surface area contributed by atoms with Crippen LogP contribution in [-0.4, -0.2) is 50.5 Å². The Morgan fingerprint density at radius 2 is 1.90 bits per heavy atom. The zero-order valence-corrected chi connectivity index (χ0v) is 25.6. The number of amides is 1. The van der Waals surface area contributed by atoms with Crippen LogP contribution in [0.15, 0.2) is 36.4 Å². The lowest BCUT2D eigenvalue weighted by Crippen LogP contribution is -2.49. The van der Waals surface area contributed by atoms with E-state index in [1.807, 2.05) is 18.2 Å². The van der Waals surface area contributed by atoms with E-state index in [9.17, 15) is 18.3 Å². The third kappa shape index (κ3) is 5.22. The summed E-state index contributed by atoms with van der Waals surface area (Å²) < 4.78 is 35.7. The topological polar surface area (TPSA) is 95.9 Å².